The van der Waals surface area contributed by atoms with Crippen molar-refractivity contribution in [1.82, 2.24) is 4.90 Å². The second kappa shape index (κ2) is 6.90. The molecule has 0 saturated carbocycles. The molecular weight excluding hydrogens is 230 g/mol. The smallest absolute Gasteiger partial charge is 0.246 e. The summed E-state index contributed by atoms with van der Waals surface area (Å²) >= 11 is 0. The number of aliphatic hydroxyl groups excluding tert-OH is 1. The van der Waals surface area contributed by atoms with Gasteiger partial charge in [0.25, 0.3) is 0 Å². The lowest BCUT2D eigenvalue weighted by Gasteiger charge is -2.41. The van der Waals surface area contributed by atoms with Gasteiger partial charge in [-0.3, -0.25) is 4.79 Å². The number of ether oxygens (including phenoxy) is 1. The minimum absolute atomic E-state index is 0.0601. The van der Waals surface area contributed by atoms with Gasteiger partial charge < -0.3 is 14.7 Å². The van der Waals surface area contributed by atoms with Crippen molar-refractivity contribution in [1.29, 1.82) is 0 Å². The lowest BCUT2D eigenvalue weighted by molar-refractivity contribution is -0.130. The van der Waals surface area contributed by atoms with E-state index in [-0.39, 0.29) is 17.9 Å². The normalized spacial score (nSPS) is 23.9. The second-order valence-corrected chi connectivity index (χ2v) is 5.49. The Labute approximate surface area is 110 Å². The van der Waals surface area contributed by atoms with Gasteiger partial charge in [-0.15, -0.1) is 0 Å². The van der Waals surface area contributed by atoms with Gasteiger partial charge in [0, 0.05) is 38.3 Å². The molecule has 4 nitrogen and oxygen atoms in total. The fourth-order valence-electron chi connectivity index (χ4n) is 2.46. The fourth-order valence-corrected chi connectivity index (χ4v) is 2.46. The fraction of sp³-hybridized carbons (Fsp3) is 0.786. The molecule has 1 aliphatic rings. The van der Waals surface area contributed by atoms with Crippen molar-refractivity contribution in [2.75, 3.05) is 33.4 Å². The summed E-state index contributed by atoms with van der Waals surface area (Å²) in [7, 11) is 1.67. The molecule has 0 aromatic carbocycles. The first-order chi connectivity index (χ1) is 8.53. The molecular formula is C14H25NO3. The molecule has 0 aromatic rings. The highest BCUT2D eigenvalue weighted by atomic mass is 16.5. The zero-order valence-electron chi connectivity index (χ0n) is 11.7. The summed E-state index contributed by atoms with van der Waals surface area (Å²) in [5, 5.41) is 9.64. The molecule has 0 aliphatic carbocycles. The molecule has 0 spiro atoms. The van der Waals surface area contributed by atoms with Gasteiger partial charge in [-0.05, 0) is 33.1 Å². The number of likely N-dealkylation sites (tertiary alicyclic amines) is 1. The van der Waals surface area contributed by atoms with E-state index in [1.54, 1.807) is 13.2 Å². The number of aliphatic hydroxyl groups is 1. The molecule has 1 amide bonds. The Morgan fingerprint density at radius 3 is 2.78 bits per heavy atom. The third-order valence-corrected chi connectivity index (χ3v) is 3.56. The van der Waals surface area contributed by atoms with Crippen LogP contribution in [0.1, 0.15) is 33.1 Å². The van der Waals surface area contributed by atoms with Gasteiger partial charge in [-0.25, -0.2) is 0 Å². The first-order valence-electron chi connectivity index (χ1n) is 6.56. The van der Waals surface area contributed by atoms with Crippen molar-refractivity contribution < 1.29 is 14.6 Å². The summed E-state index contributed by atoms with van der Waals surface area (Å²) in [6.45, 7) is 6.02. The van der Waals surface area contributed by atoms with Crippen molar-refractivity contribution in [2.45, 2.75) is 33.1 Å². The van der Waals surface area contributed by atoms with Crippen LogP contribution in [0.3, 0.4) is 0 Å². The van der Waals surface area contributed by atoms with Crippen LogP contribution in [0.5, 0.6) is 0 Å². The molecule has 18 heavy (non-hydrogen) atoms. The van der Waals surface area contributed by atoms with E-state index in [0.717, 1.165) is 31.4 Å². The van der Waals surface area contributed by atoms with E-state index in [2.05, 4.69) is 0 Å². The van der Waals surface area contributed by atoms with Gasteiger partial charge in [0.1, 0.15) is 0 Å². The van der Waals surface area contributed by atoms with Gasteiger partial charge in [-0.2, -0.15) is 0 Å². The van der Waals surface area contributed by atoms with Gasteiger partial charge in [0.2, 0.25) is 5.91 Å². The Balaban J connectivity index is 2.68. The van der Waals surface area contributed by atoms with Crippen LogP contribution < -0.4 is 0 Å². The summed E-state index contributed by atoms with van der Waals surface area (Å²) in [6.07, 6.45) is 4.39. The van der Waals surface area contributed by atoms with Crippen LogP contribution in [-0.4, -0.2) is 49.3 Å². The summed E-state index contributed by atoms with van der Waals surface area (Å²) in [4.78, 5) is 13.9. The van der Waals surface area contributed by atoms with Crippen LogP contribution in [0.2, 0.25) is 0 Å². The second-order valence-electron chi connectivity index (χ2n) is 5.49. The van der Waals surface area contributed by atoms with E-state index in [4.69, 9.17) is 4.74 Å². The lowest BCUT2D eigenvalue weighted by atomic mass is 9.78. The van der Waals surface area contributed by atoms with E-state index in [1.165, 1.54) is 0 Å². The highest BCUT2D eigenvalue weighted by molar-refractivity contribution is 5.88. The van der Waals surface area contributed by atoms with Gasteiger partial charge in [0.15, 0.2) is 0 Å². The molecule has 1 heterocycles. The van der Waals surface area contributed by atoms with Crippen molar-refractivity contribution in [3.63, 3.8) is 0 Å². The molecule has 1 rings (SSSR count). The largest absolute Gasteiger partial charge is 0.396 e. The number of carbonyl (C=O) groups excluding carboxylic acids is 1. The molecule has 1 fully saturated rings. The summed E-state index contributed by atoms with van der Waals surface area (Å²) in [5.74, 6) is 0.0601. The summed E-state index contributed by atoms with van der Waals surface area (Å²) in [5.41, 5.74) is 0.830. The molecule has 104 valence electrons. The number of piperidine rings is 1. The number of amides is 1. The minimum Gasteiger partial charge on any atom is -0.396 e. The lowest BCUT2D eigenvalue weighted by Crippen LogP contribution is -2.48. The molecule has 0 bridgehead atoms. The molecule has 1 N–H and O–H groups in total. The maximum Gasteiger partial charge on any atom is 0.246 e. The maximum atomic E-state index is 12.0. The Morgan fingerprint density at radius 2 is 2.22 bits per heavy atom. The number of hydrogen-bond acceptors (Lipinski definition) is 3. The molecule has 4 heteroatoms. The first-order valence-corrected chi connectivity index (χ1v) is 6.56. The standard InChI is InChI=1S/C14H25NO3/c1-12(2)9-13(17)15-7-4-5-14(10-15,11-16)6-8-18-3/h9,16H,4-8,10-11H2,1-3H3/t14-/m0/s1. The van der Waals surface area contributed by atoms with Crippen LogP contribution in [0, 0.1) is 5.41 Å². The van der Waals surface area contributed by atoms with Crippen LogP contribution in [0.25, 0.3) is 0 Å². The van der Waals surface area contributed by atoms with E-state index in [1.807, 2.05) is 18.7 Å². The number of nitrogens with zero attached hydrogens (tertiary/aromatic N) is 1. The molecule has 1 saturated heterocycles. The van der Waals surface area contributed by atoms with Crippen LogP contribution in [0.15, 0.2) is 11.6 Å². The average Bonchev–Trinajstić information content (AvgIpc) is 2.36. The highest BCUT2D eigenvalue weighted by Gasteiger charge is 2.35. The number of methoxy groups -OCH3 is 1. The minimum atomic E-state index is -0.181. The third kappa shape index (κ3) is 4.10. The number of carbonyl (C=O) groups is 1. The summed E-state index contributed by atoms with van der Waals surface area (Å²) in [6, 6.07) is 0. The van der Waals surface area contributed by atoms with Crippen molar-refractivity contribution in [2.24, 2.45) is 5.41 Å². The highest BCUT2D eigenvalue weighted by Crippen LogP contribution is 2.33. The topological polar surface area (TPSA) is 49.8 Å². The van der Waals surface area contributed by atoms with Gasteiger partial charge in [-0.1, -0.05) is 5.57 Å². The van der Waals surface area contributed by atoms with E-state index < -0.39 is 0 Å². The predicted molar refractivity (Wildman–Crippen MR) is 71.3 cm³/mol. The average molecular weight is 255 g/mol. The molecule has 1 aliphatic heterocycles. The quantitative estimate of drug-likeness (QED) is 0.759. The van der Waals surface area contributed by atoms with Crippen molar-refractivity contribution in [3.8, 4) is 0 Å². The molecule has 1 atom stereocenters. The Hall–Kier alpha value is -0.870. The van der Waals surface area contributed by atoms with E-state index in [9.17, 15) is 9.90 Å². The van der Waals surface area contributed by atoms with Gasteiger partial charge >= 0.3 is 0 Å². The van der Waals surface area contributed by atoms with Crippen LogP contribution in [0.4, 0.5) is 0 Å². The van der Waals surface area contributed by atoms with Crippen LogP contribution in [-0.2, 0) is 9.53 Å². The van der Waals surface area contributed by atoms with Crippen LogP contribution >= 0.6 is 0 Å². The Bertz CT molecular complexity index is 310. The summed E-state index contributed by atoms with van der Waals surface area (Å²) < 4.78 is 5.11. The van der Waals surface area contributed by atoms with E-state index in [0.29, 0.717) is 13.2 Å². The predicted octanol–water partition coefficient (Wildman–Crippen LogP) is 1.59. The maximum absolute atomic E-state index is 12.0. The van der Waals surface area contributed by atoms with E-state index >= 15 is 0 Å². The molecule has 0 radical (unpaired) electrons. The zero-order valence-corrected chi connectivity index (χ0v) is 11.7. The molecule has 0 unspecified atom stereocenters. The number of allylic oxidation sites excluding steroid dienone is 1. The Kier molecular flexibility index (Phi) is 5.82. The molecule has 0 aromatic heterocycles. The monoisotopic (exact) mass is 255 g/mol. The third-order valence-electron chi connectivity index (χ3n) is 3.56. The van der Waals surface area contributed by atoms with Gasteiger partial charge in [0.05, 0.1) is 6.61 Å². The number of rotatable bonds is 5. The first kappa shape index (κ1) is 15.2. The van der Waals surface area contributed by atoms with Crippen molar-refractivity contribution >= 4 is 5.91 Å². The SMILES string of the molecule is COCC[C@@]1(CO)CCCN(C(=O)C=C(C)C)C1. The number of hydrogen-bond donors (Lipinski definition) is 1. The Morgan fingerprint density at radius 1 is 1.50 bits per heavy atom. The van der Waals surface area contributed by atoms with Crippen molar-refractivity contribution in [3.05, 3.63) is 11.6 Å². The zero-order chi connectivity index (χ0) is 13.6.